The zero-order valence-electron chi connectivity index (χ0n) is 12.5. The molecule has 0 fully saturated rings. The van der Waals surface area contributed by atoms with Gasteiger partial charge in [0.25, 0.3) is 5.69 Å². The number of ketones is 1. The Morgan fingerprint density at radius 3 is 2.62 bits per heavy atom. The fourth-order valence-electron chi connectivity index (χ4n) is 2.11. The number of nitro groups is 1. The molecular weight excluding hydrogens is 270 g/mol. The van der Waals surface area contributed by atoms with E-state index in [1.165, 1.54) is 13.0 Å². The summed E-state index contributed by atoms with van der Waals surface area (Å²) in [5, 5.41) is 19.7. The maximum Gasteiger partial charge on any atom is 0.280 e. The summed E-state index contributed by atoms with van der Waals surface area (Å²) in [6.07, 6.45) is 0.360. The highest BCUT2D eigenvalue weighted by Gasteiger charge is 2.19. The highest BCUT2D eigenvalue weighted by Crippen LogP contribution is 2.26. The van der Waals surface area contributed by atoms with Gasteiger partial charge in [0.15, 0.2) is 5.78 Å². The van der Waals surface area contributed by atoms with E-state index in [1.807, 2.05) is 4.90 Å². The van der Waals surface area contributed by atoms with Crippen LogP contribution in [0.25, 0.3) is 0 Å². The van der Waals surface area contributed by atoms with Crippen molar-refractivity contribution in [1.82, 2.24) is 0 Å². The summed E-state index contributed by atoms with van der Waals surface area (Å²) in [4.78, 5) is 24.0. The number of rotatable bonds is 7. The van der Waals surface area contributed by atoms with Gasteiger partial charge in [-0.3, -0.25) is 14.9 Å². The molecular formula is C15H19N3O3. The summed E-state index contributed by atoms with van der Waals surface area (Å²) in [6.45, 7) is 6.67. The van der Waals surface area contributed by atoms with Crippen LogP contribution in [-0.4, -0.2) is 23.8 Å². The van der Waals surface area contributed by atoms with Crippen molar-refractivity contribution in [3.8, 4) is 6.07 Å². The molecule has 0 bridgehead atoms. The minimum Gasteiger partial charge on any atom is -0.370 e. The van der Waals surface area contributed by atoms with Gasteiger partial charge in [0.2, 0.25) is 0 Å². The number of carbonyl (C=O) groups is 1. The van der Waals surface area contributed by atoms with Gasteiger partial charge < -0.3 is 4.90 Å². The highest BCUT2D eigenvalue weighted by atomic mass is 16.6. The Morgan fingerprint density at radius 2 is 2.14 bits per heavy atom. The van der Waals surface area contributed by atoms with Gasteiger partial charge in [0.1, 0.15) is 0 Å². The van der Waals surface area contributed by atoms with Crippen LogP contribution in [-0.2, 0) is 0 Å². The summed E-state index contributed by atoms with van der Waals surface area (Å²) in [6, 6.07) is 6.62. The third-order valence-electron chi connectivity index (χ3n) is 3.00. The smallest absolute Gasteiger partial charge is 0.280 e. The number of Topliss-reactive ketones (excluding diaryl/α,β-unsaturated/α-hetero) is 1. The molecule has 0 amide bonds. The second kappa shape index (κ2) is 7.39. The van der Waals surface area contributed by atoms with Gasteiger partial charge in [-0.1, -0.05) is 13.8 Å². The standard InChI is InChI=1S/C15H19N3O3/c1-11(2)10-17(8-4-7-16)13-5-6-15(18(20)21)14(9-13)12(3)19/h5-6,9,11H,4,8,10H2,1-3H3. The summed E-state index contributed by atoms with van der Waals surface area (Å²) < 4.78 is 0. The predicted molar refractivity (Wildman–Crippen MR) is 80.4 cm³/mol. The topological polar surface area (TPSA) is 87.2 Å². The monoisotopic (exact) mass is 289 g/mol. The molecule has 0 aliphatic carbocycles. The van der Waals surface area contributed by atoms with Crippen molar-refractivity contribution in [2.24, 2.45) is 5.92 Å². The molecule has 0 saturated carbocycles. The second-order valence-electron chi connectivity index (χ2n) is 5.26. The number of hydrogen-bond donors (Lipinski definition) is 0. The quantitative estimate of drug-likeness (QED) is 0.437. The van der Waals surface area contributed by atoms with Crippen LogP contribution in [0.15, 0.2) is 18.2 Å². The van der Waals surface area contributed by atoms with Crippen LogP contribution in [0.4, 0.5) is 11.4 Å². The number of nitro benzene ring substituents is 1. The normalized spacial score (nSPS) is 10.2. The Hall–Kier alpha value is -2.42. The van der Waals surface area contributed by atoms with Gasteiger partial charge in [0.05, 0.1) is 23.0 Å². The van der Waals surface area contributed by atoms with E-state index in [0.717, 1.165) is 12.2 Å². The summed E-state index contributed by atoms with van der Waals surface area (Å²) in [5.41, 5.74) is 0.647. The third-order valence-corrected chi connectivity index (χ3v) is 3.00. The van der Waals surface area contributed by atoms with Crippen LogP contribution >= 0.6 is 0 Å². The third kappa shape index (κ3) is 4.56. The van der Waals surface area contributed by atoms with E-state index < -0.39 is 4.92 Å². The average Bonchev–Trinajstić information content (AvgIpc) is 2.42. The van der Waals surface area contributed by atoms with Crippen LogP contribution in [0.5, 0.6) is 0 Å². The molecule has 0 aliphatic heterocycles. The number of hydrogen-bond acceptors (Lipinski definition) is 5. The van der Waals surface area contributed by atoms with Crippen molar-refractivity contribution < 1.29 is 9.72 Å². The largest absolute Gasteiger partial charge is 0.370 e. The first-order chi connectivity index (χ1) is 9.86. The van der Waals surface area contributed by atoms with E-state index in [-0.39, 0.29) is 17.0 Å². The minimum atomic E-state index is -0.553. The second-order valence-corrected chi connectivity index (χ2v) is 5.26. The summed E-state index contributed by atoms with van der Waals surface area (Å²) >= 11 is 0. The van der Waals surface area contributed by atoms with Gasteiger partial charge in [0, 0.05) is 24.8 Å². The van der Waals surface area contributed by atoms with Gasteiger partial charge in [-0.25, -0.2) is 0 Å². The first-order valence-corrected chi connectivity index (χ1v) is 6.78. The lowest BCUT2D eigenvalue weighted by molar-refractivity contribution is -0.385. The number of nitriles is 1. The van der Waals surface area contributed by atoms with Crippen molar-refractivity contribution in [2.75, 3.05) is 18.0 Å². The fourth-order valence-corrected chi connectivity index (χ4v) is 2.11. The summed E-state index contributed by atoms with van der Waals surface area (Å²) in [5.74, 6) is 0.0352. The van der Waals surface area contributed by atoms with E-state index in [0.29, 0.717) is 18.9 Å². The average molecular weight is 289 g/mol. The van der Waals surface area contributed by atoms with Gasteiger partial charge in [-0.15, -0.1) is 0 Å². The highest BCUT2D eigenvalue weighted by molar-refractivity contribution is 5.99. The Bertz CT molecular complexity index is 576. The fraction of sp³-hybridized carbons (Fsp3) is 0.467. The Balaban J connectivity index is 3.20. The van der Waals surface area contributed by atoms with Crippen molar-refractivity contribution in [3.05, 3.63) is 33.9 Å². The molecule has 0 saturated heterocycles. The van der Waals surface area contributed by atoms with Crippen molar-refractivity contribution in [3.63, 3.8) is 0 Å². The lowest BCUT2D eigenvalue weighted by Gasteiger charge is -2.26. The summed E-state index contributed by atoms with van der Waals surface area (Å²) in [7, 11) is 0. The van der Waals surface area contributed by atoms with Crippen LogP contribution in [0.1, 0.15) is 37.6 Å². The maximum atomic E-state index is 11.6. The van der Waals surface area contributed by atoms with E-state index >= 15 is 0 Å². The number of benzene rings is 1. The molecule has 1 rings (SSSR count). The molecule has 0 N–H and O–H groups in total. The Morgan fingerprint density at radius 1 is 1.48 bits per heavy atom. The molecule has 0 aliphatic rings. The molecule has 0 unspecified atom stereocenters. The molecule has 1 aromatic carbocycles. The lowest BCUT2D eigenvalue weighted by Crippen LogP contribution is -2.28. The first-order valence-electron chi connectivity index (χ1n) is 6.78. The van der Waals surface area contributed by atoms with Crippen LogP contribution in [0.2, 0.25) is 0 Å². The van der Waals surface area contributed by atoms with E-state index in [9.17, 15) is 14.9 Å². The van der Waals surface area contributed by atoms with E-state index in [2.05, 4.69) is 19.9 Å². The molecule has 6 nitrogen and oxygen atoms in total. The molecule has 0 aromatic heterocycles. The van der Waals surface area contributed by atoms with Crippen molar-refractivity contribution >= 4 is 17.2 Å². The van der Waals surface area contributed by atoms with Crippen LogP contribution < -0.4 is 4.90 Å². The van der Waals surface area contributed by atoms with Gasteiger partial charge >= 0.3 is 0 Å². The van der Waals surface area contributed by atoms with Gasteiger partial charge in [-0.2, -0.15) is 5.26 Å². The zero-order valence-corrected chi connectivity index (χ0v) is 12.5. The SMILES string of the molecule is CC(=O)c1cc(N(CCC#N)CC(C)C)ccc1[N+](=O)[O-]. The number of nitrogens with zero attached hydrogens (tertiary/aromatic N) is 3. The molecule has 1 aromatic rings. The van der Waals surface area contributed by atoms with Crippen molar-refractivity contribution in [1.29, 1.82) is 5.26 Å². The Kier molecular flexibility index (Phi) is 5.85. The number of anilines is 1. The molecule has 0 atom stereocenters. The molecule has 6 heteroatoms. The molecule has 0 spiro atoms. The number of carbonyl (C=O) groups excluding carboxylic acids is 1. The molecule has 0 radical (unpaired) electrons. The maximum absolute atomic E-state index is 11.6. The van der Waals surface area contributed by atoms with Crippen LogP contribution in [0.3, 0.4) is 0 Å². The predicted octanol–water partition coefficient (Wildman–Crippen LogP) is 3.17. The van der Waals surface area contributed by atoms with Crippen molar-refractivity contribution in [2.45, 2.75) is 27.2 Å². The van der Waals surface area contributed by atoms with E-state index in [4.69, 9.17) is 5.26 Å². The molecule has 0 heterocycles. The van der Waals surface area contributed by atoms with Crippen LogP contribution in [0, 0.1) is 27.4 Å². The molecule has 112 valence electrons. The van der Waals surface area contributed by atoms with Gasteiger partial charge in [-0.05, 0) is 25.0 Å². The zero-order chi connectivity index (χ0) is 16.0. The Labute approximate surface area is 124 Å². The minimum absolute atomic E-state index is 0.100. The lowest BCUT2D eigenvalue weighted by atomic mass is 10.1. The first kappa shape index (κ1) is 16.6. The molecule has 21 heavy (non-hydrogen) atoms. The van der Waals surface area contributed by atoms with E-state index in [1.54, 1.807) is 12.1 Å².